The maximum absolute atomic E-state index is 13.1. The van der Waals surface area contributed by atoms with E-state index in [2.05, 4.69) is 35.4 Å². The third-order valence-electron chi connectivity index (χ3n) is 4.85. The summed E-state index contributed by atoms with van der Waals surface area (Å²) in [6.07, 6.45) is 4.17. The van der Waals surface area contributed by atoms with E-state index in [1.807, 2.05) is 41.3 Å². The van der Waals surface area contributed by atoms with Gasteiger partial charge in [0.25, 0.3) is 5.91 Å². The monoisotopic (exact) mass is 343 g/mol. The van der Waals surface area contributed by atoms with E-state index in [0.717, 1.165) is 23.4 Å². The second kappa shape index (κ2) is 7.00. The smallest absolute Gasteiger partial charge is 0.258 e. The predicted molar refractivity (Wildman–Crippen MR) is 104 cm³/mol. The van der Waals surface area contributed by atoms with Crippen LogP contribution in [0.5, 0.6) is 0 Å². The molecule has 3 aromatic rings. The van der Waals surface area contributed by atoms with E-state index in [4.69, 9.17) is 0 Å². The summed E-state index contributed by atoms with van der Waals surface area (Å²) >= 11 is 0. The molecular formula is C22H21N3O. The average molecular weight is 343 g/mol. The third-order valence-corrected chi connectivity index (χ3v) is 4.85. The maximum Gasteiger partial charge on any atom is 0.258 e. The Bertz CT molecular complexity index is 896. The molecule has 2 atom stereocenters. The number of rotatable bonds is 3. The quantitative estimate of drug-likeness (QED) is 0.751. The van der Waals surface area contributed by atoms with Gasteiger partial charge in [0, 0.05) is 35.4 Å². The van der Waals surface area contributed by atoms with Crippen molar-refractivity contribution in [3.05, 3.63) is 90.3 Å². The lowest BCUT2D eigenvalue weighted by Gasteiger charge is -2.40. The highest BCUT2D eigenvalue weighted by atomic mass is 16.2. The molecule has 0 saturated carbocycles. The fourth-order valence-electron chi connectivity index (χ4n) is 3.63. The van der Waals surface area contributed by atoms with Gasteiger partial charge in [0.2, 0.25) is 0 Å². The van der Waals surface area contributed by atoms with Crippen LogP contribution < -0.4 is 10.2 Å². The van der Waals surface area contributed by atoms with Gasteiger partial charge in [-0.3, -0.25) is 9.78 Å². The number of fused-ring (bicyclic) bond motifs is 1. The van der Waals surface area contributed by atoms with E-state index >= 15 is 0 Å². The van der Waals surface area contributed by atoms with E-state index in [0.29, 0.717) is 5.56 Å². The summed E-state index contributed by atoms with van der Waals surface area (Å²) in [6.45, 7) is 2.11. The first-order valence-electron chi connectivity index (χ1n) is 8.88. The first kappa shape index (κ1) is 16.3. The maximum atomic E-state index is 13.1. The number of amides is 1. The predicted octanol–water partition coefficient (Wildman–Crippen LogP) is 4.67. The normalized spacial score (nSPS) is 18.9. The molecule has 0 fully saturated rings. The average Bonchev–Trinajstić information content (AvgIpc) is 2.69. The number of nitrogens with one attached hydrogen (secondary N) is 1. The van der Waals surface area contributed by atoms with E-state index in [1.165, 1.54) is 0 Å². The van der Waals surface area contributed by atoms with Crippen molar-refractivity contribution in [3.63, 3.8) is 0 Å². The molecule has 0 unspecified atom stereocenters. The van der Waals surface area contributed by atoms with E-state index in [9.17, 15) is 4.79 Å². The van der Waals surface area contributed by atoms with Crippen LogP contribution in [0.15, 0.2) is 79.1 Å². The SMILES string of the molecule is C[C@@H]1C[C@@H](Nc2ccccc2)c2ccccc2N1C(=O)c1ccncc1. The zero-order valence-electron chi connectivity index (χ0n) is 14.7. The number of pyridine rings is 1. The molecule has 2 aromatic carbocycles. The summed E-state index contributed by atoms with van der Waals surface area (Å²) in [5.74, 6) is 0.0190. The number of carbonyl (C=O) groups excluding carboxylic acids is 1. The molecule has 4 nitrogen and oxygen atoms in total. The number of nitrogens with zero attached hydrogens (tertiary/aromatic N) is 2. The molecule has 26 heavy (non-hydrogen) atoms. The van der Waals surface area contributed by atoms with Gasteiger partial charge in [-0.1, -0.05) is 36.4 Å². The molecule has 1 N–H and O–H groups in total. The fourth-order valence-corrected chi connectivity index (χ4v) is 3.63. The highest BCUT2D eigenvalue weighted by molar-refractivity contribution is 6.07. The Morgan fingerprint density at radius 3 is 2.46 bits per heavy atom. The Balaban J connectivity index is 1.69. The van der Waals surface area contributed by atoms with Crippen LogP contribution in [-0.2, 0) is 0 Å². The van der Waals surface area contributed by atoms with E-state index in [-0.39, 0.29) is 18.0 Å². The van der Waals surface area contributed by atoms with Gasteiger partial charge in [0.15, 0.2) is 0 Å². The molecule has 0 aliphatic carbocycles. The van der Waals surface area contributed by atoms with Crippen LogP contribution in [0.3, 0.4) is 0 Å². The molecule has 130 valence electrons. The van der Waals surface area contributed by atoms with Crippen LogP contribution in [0.4, 0.5) is 11.4 Å². The molecule has 1 aromatic heterocycles. The van der Waals surface area contributed by atoms with Crippen molar-refractivity contribution < 1.29 is 4.79 Å². The topological polar surface area (TPSA) is 45.2 Å². The Hall–Kier alpha value is -3.14. The number of benzene rings is 2. The summed E-state index contributed by atoms with van der Waals surface area (Å²) in [6, 6.07) is 22.2. The van der Waals surface area contributed by atoms with Crippen molar-refractivity contribution in [2.24, 2.45) is 0 Å². The van der Waals surface area contributed by atoms with Crippen molar-refractivity contribution in [2.45, 2.75) is 25.4 Å². The molecule has 0 spiro atoms. The summed E-state index contributed by atoms with van der Waals surface area (Å²) in [4.78, 5) is 19.0. The minimum absolute atomic E-state index is 0.0190. The minimum atomic E-state index is 0.0190. The molecule has 4 rings (SSSR count). The van der Waals surface area contributed by atoms with Gasteiger partial charge < -0.3 is 10.2 Å². The fraction of sp³-hybridized carbons (Fsp3) is 0.182. The van der Waals surface area contributed by atoms with E-state index < -0.39 is 0 Å². The van der Waals surface area contributed by atoms with Crippen molar-refractivity contribution >= 4 is 17.3 Å². The molecule has 1 amide bonds. The molecule has 0 radical (unpaired) electrons. The van der Waals surface area contributed by atoms with Crippen LogP contribution in [-0.4, -0.2) is 16.9 Å². The lowest BCUT2D eigenvalue weighted by molar-refractivity contribution is 0.0974. The Morgan fingerprint density at radius 2 is 1.69 bits per heavy atom. The number of aromatic nitrogens is 1. The standard InChI is InChI=1S/C22H21N3O/c1-16-15-20(24-18-7-3-2-4-8-18)19-9-5-6-10-21(19)25(16)22(26)17-11-13-23-14-12-17/h2-14,16,20,24H,15H2,1H3/t16-,20-/m1/s1. The Kier molecular flexibility index (Phi) is 4.40. The van der Waals surface area contributed by atoms with Crippen LogP contribution in [0, 0.1) is 0 Å². The number of carbonyl (C=O) groups is 1. The Labute approximate surface area is 153 Å². The van der Waals surface area contributed by atoms with Crippen LogP contribution in [0.2, 0.25) is 0 Å². The number of hydrogen-bond acceptors (Lipinski definition) is 3. The van der Waals surface area contributed by atoms with Gasteiger partial charge in [-0.2, -0.15) is 0 Å². The highest BCUT2D eigenvalue weighted by Crippen LogP contribution is 2.39. The van der Waals surface area contributed by atoms with Gasteiger partial charge in [-0.15, -0.1) is 0 Å². The molecule has 1 aliphatic rings. The summed E-state index contributed by atoms with van der Waals surface area (Å²) < 4.78 is 0. The second-order valence-electron chi connectivity index (χ2n) is 6.62. The van der Waals surface area contributed by atoms with Gasteiger partial charge in [-0.25, -0.2) is 0 Å². The zero-order chi connectivity index (χ0) is 17.9. The highest BCUT2D eigenvalue weighted by Gasteiger charge is 2.33. The first-order valence-corrected chi connectivity index (χ1v) is 8.88. The van der Waals surface area contributed by atoms with Crippen LogP contribution in [0.1, 0.15) is 35.3 Å². The largest absolute Gasteiger partial charge is 0.378 e. The minimum Gasteiger partial charge on any atom is -0.378 e. The van der Waals surface area contributed by atoms with Crippen LogP contribution in [0.25, 0.3) is 0 Å². The van der Waals surface area contributed by atoms with Gasteiger partial charge in [0.05, 0.1) is 6.04 Å². The van der Waals surface area contributed by atoms with Crippen molar-refractivity contribution in [2.75, 3.05) is 10.2 Å². The zero-order valence-corrected chi connectivity index (χ0v) is 14.7. The third kappa shape index (κ3) is 3.06. The summed E-state index contributed by atoms with van der Waals surface area (Å²) in [5.41, 5.74) is 3.88. The number of anilines is 2. The van der Waals surface area contributed by atoms with Crippen molar-refractivity contribution in [1.29, 1.82) is 0 Å². The molecule has 2 heterocycles. The molecule has 1 aliphatic heterocycles. The van der Waals surface area contributed by atoms with Gasteiger partial charge >= 0.3 is 0 Å². The summed E-state index contributed by atoms with van der Waals surface area (Å²) in [7, 11) is 0. The summed E-state index contributed by atoms with van der Waals surface area (Å²) in [5, 5.41) is 3.62. The second-order valence-corrected chi connectivity index (χ2v) is 6.62. The van der Waals surface area contributed by atoms with Gasteiger partial charge in [-0.05, 0) is 49.2 Å². The lowest BCUT2D eigenvalue weighted by Crippen LogP contribution is -2.44. The van der Waals surface area contributed by atoms with Crippen LogP contribution >= 0.6 is 0 Å². The molecular weight excluding hydrogens is 322 g/mol. The first-order chi connectivity index (χ1) is 12.7. The lowest BCUT2D eigenvalue weighted by atomic mass is 9.91. The molecule has 4 heteroatoms. The number of hydrogen-bond donors (Lipinski definition) is 1. The molecule has 0 bridgehead atoms. The van der Waals surface area contributed by atoms with Crippen molar-refractivity contribution in [1.82, 2.24) is 4.98 Å². The number of para-hydroxylation sites is 2. The molecule has 0 saturated heterocycles. The Morgan fingerprint density at radius 1 is 1.00 bits per heavy atom. The van der Waals surface area contributed by atoms with Crippen molar-refractivity contribution in [3.8, 4) is 0 Å². The van der Waals surface area contributed by atoms with E-state index in [1.54, 1.807) is 24.5 Å². The van der Waals surface area contributed by atoms with Gasteiger partial charge in [0.1, 0.15) is 0 Å².